The van der Waals surface area contributed by atoms with Crippen molar-refractivity contribution in [2.24, 2.45) is 47.3 Å². The highest BCUT2D eigenvalue weighted by molar-refractivity contribution is 8.37. The first-order valence-corrected chi connectivity index (χ1v) is 37.8. The summed E-state index contributed by atoms with van der Waals surface area (Å²) in [4.78, 5) is 10.2. The predicted molar refractivity (Wildman–Crippen MR) is 400 cm³/mol. The van der Waals surface area contributed by atoms with E-state index in [1.54, 1.807) is 56.9 Å². The fourth-order valence-corrected chi connectivity index (χ4v) is 17.0. The number of ether oxygens (including phenoxy) is 8. The van der Waals surface area contributed by atoms with Gasteiger partial charge in [-0.1, -0.05) is 70.2 Å². The molecule has 0 spiro atoms. The number of aliphatic hydroxyl groups excluding tert-OH is 4. The van der Waals surface area contributed by atoms with Gasteiger partial charge in [0.2, 0.25) is 0 Å². The molecule has 0 amide bonds. The highest BCUT2D eigenvalue weighted by atomic mass is 33.1. The number of benzene rings is 4. The number of hydrogen-bond acceptors (Lipinski definition) is 18. The third-order valence-electron chi connectivity index (χ3n) is 21.5. The molecule has 546 valence electrons. The van der Waals surface area contributed by atoms with Crippen molar-refractivity contribution in [3.05, 3.63) is 93.0 Å². The maximum Gasteiger partial charge on any atom is 0.161 e. The second-order valence-electron chi connectivity index (χ2n) is 29.5. The van der Waals surface area contributed by atoms with E-state index in [2.05, 4.69) is 146 Å². The SMILES string of the molecule is C.C.COc1cc2c(cc1OC)[C@@H]1C[C@@H](O)[C@@H](CC(C)C)CN1CC2.COc1cc2c(cc1OC)[C@@H]1C[C@H](O)[C@@H](CC(C)C)CN1CC2.COc1cc2c(cc1OC)[C@H]1C[C@@H](O)[C@H](CC(C)C)CN1CC2.COc1cc2c(cc1OC)[C@H]1C[C@H](O)[C@H](CC(C)C)CN1CC2.S=S=S. The van der Waals surface area contributed by atoms with Gasteiger partial charge in [-0.2, -0.15) is 0 Å². The maximum atomic E-state index is 10.6. The maximum absolute atomic E-state index is 10.6. The third-order valence-corrected chi connectivity index (χ3v) is 21.5. The molecule has 0 aliphatic carbocycles. The number of aliphatic hydroxyl groups is 4. The van der Waals surface area contributed by atoms with Gasteiger partial charge in [0.05, 0.1) is 81.3 Å². The molecule has 12 rings (SSSR count). The summed E-state index contributed by atoms with van der Waals surface area (Å²) in [5.74, 6) is 10.4. The molecule has 4 N–H and O–H groups in total. The second-order valence-corrected chi connectivity index (χ2v) is 31.3. The van der Waals surface area contributed by atoms with E-state index in [1.807, 2.05) is 0 Å². The summed E-state index contributed by atoms with van der Waals surface area (Å²) in [7, 11) is 14.4. The van der Waals surface area contributed by atoms with Gasteiger partial charge in [0, 0.05) is 108 Å². The van der Waals surface area contributed by atoms with Crippen molar-refractivity contribution in [3.8, 4) is 46.0 Å². The third kappa shape index (κ3) is 20.0. The Kier molecular flexibility index (Phi) is 32.0. The molecule has 97 heavy (non-hydrogen) atoms. The molecule has 4 saturated heterocycles. The topological polar surface area (TPSA) is 168 Å². The van der Waals surface area contributed by atoms with Gasteiger partial charge in [0.25, 0.3) is 0 Å². The average molecular weight is 1410 g/mol. The molecule has 4 aromatic carbocycles. The second kappa shape index (κ2) is 38.0. The van der Waals surface area contributed by atoms with Gasteiger partial charge in [-0.25, -0.2) is 0 Å². The summed E-state index contributed by atoms with van der Waals surface area (Å²) >= 11 is 8.25. The summed E-state index contributed by atoms with van der Waals surface area (Å²) < 4.78 is 43.6. The molecular formula is C78H124N4O12S3. The summed E-state index contributed by atoms with van der Waals surface area (Å²) in [5, 5.41) is 42.5. The first kappa shape index (κ1) is 81.6. The Hall–Kier alpha value is -4.38. The van der Waals surface area contributed by atoms with Crippen LogP contribution in [0.25, 0.3) is 0 Å². The summed E-state index contributed by atoms with van der Waals surface area (Å²) in [5.41, 5.74) is 10.5. The van der Waals surface area contributed by atoms with E-state index in [9.17, 15) is 20.4 Å². The number of methoxy groups -OCH3 is 8. The van der Waals surface area contributed by atoms with Crippen molar-refractivity contribution in [2.45, 2.75) is 196 Å². The minimum atomic E-state index is -0.210. The van der Waals surface area contributed by atoms with E-state index in [-0.39, 0.29) is 39.3 Å². The normalized spacial score (nSPS) is 26.2. The molecule has 12 atom stereocenters. The van der Waals surface area contributed by atoms with Crippen LogP contribution in [0.2, 0.25) is 0 Å². The molecule has 0 unspecified atom stereocenters. The van der Waals surface area contributed by atoms with Crippen molar-refractivity contribution in [3.63, 3.8) is 0 Å². The van der Waals surface area contributed by atoms with Crippen LogP contribution in [-0.2, 0) is 56.9 Å². The molecule has 4 aromatic rings. The fraction of sp³-hybridized carbons (Fsp3) is 0.692. The Morgan fingerprint density at radius 3 is 0.660 bits per heavy atom. The van der Waals surface area contributed by atoms with Crippen LogP contribution in [0.5, 0.6) is 46.0 Å². The van der Waals surface area contributed by atoms with E-state index in [1.165, 1.54) is 44.5 Å². The standard InChI is InChI=1S/4C19H29NO3.2CH4.S3/c4*1-12(2)7-14-11-20-6-5-13-8-18(22-3)19(23-4)9-15(13)16(20)10-17(14)21;;;1-3-2/h4*8-9,12,14,16-17,21H,5-7,10-11H2,1-4H3;2*1H4;/t2*14-,16-,17+;2*14-,16-,17-;;;/m1010.../s1. The largest absolute Gasteiger partial charge is 0.493 e. The van der Waals surface area contributed by atoms with Crippen LogP contribution in [0.4, 0.5) is 0 Å². The quantitative estimate of drug-likeness (QED) is 0.0835. The number of fused-ring (bicyclic) bond motifs is 12. The average Bonchev–Trinajstić information content (AvgIpc) is 0.792. The monoisotopic (exact) mass is 1400 g/mol. The molecule has 0 saturated carbocycles. The highest BCUT2D eigenvalue weighted by Crippen LogP contribution is 2.49. The lowest BCUT2D eigenvalue weighted by Gasteiger charge is -2.46. The number of hydrogen-bond donors (Lipinski definition) is 4. The molecule has 8 heterocycles. The van der Waals surface area contributed by atoms with Crippen molar-refractivity contribution in [2.75, 3.05) is 109 Å². The van der Waals surface area contributed by atoms with E-state index in [0.29, 0.717) is 71.5 Å². The van der Waals surface area contributed by atoms with Crippen LogP contribution >= 0.6 is 0 Å². The molecule has 4 fully saturated rings. The van der Waals surface area contributed by atoms with Crippen molar-refractivity contribution in [1.29, 1.82) is 0 Å². The van der Waals surface area contributed by atoms with Crippen LogP contribution in [0.15, 0.2) is 48.5 Å². The van der Waals surface area contributed by atoms with Gasteiger partial charge in [0.15, 0.2) is 46.0 Å². The first-order valence-electron chi connectivity index (χ1n) is 35.1. The Morgan fingerprint density at radius 1 is 0.340 bits per heavy atom. The van der Waals surface area contributed by atoms with Crippen LogP contribution in [0.3, 0.4) is 0 Å². The van der Waals surface area contributed by atoms with Gasteiger partial charge >= 0.3 is 0 Å². The number of piperidine rings is 4. The van der Waals surface area contributed by atoms with Crippen molar-refractivity contribution in [1.82, 2.24) is 19.6 Å². The summed E-state index contributed by atoms with van der Waals surface area (Å²) in [6, 6.07) is 18.1. The number of nitrogens with zero attached hydrogens (tertiary/aromatic N) is 4. The molecule has 19 heteroatoms. The molecule has 16 nitrogen and oxygen atoms in total. The van der Waals surface area contributed by atoms with E-state index < -0.39 is 0 Å². The van der Waals surface area contributed by atoms with Crippen molar-refractivity contribution >= 4 is 31.3 Å². The molecular weight excluding hydrogens is 1280 g/mol. The van der Waals surface area contributed by atoms with Crippen LogP contribution in [-0.4, -0.2) is 174 Å². The molecule has 0 radical (unpaired) electrons. The van der Waals surface area contributed by atoms with Crippen LogP contribution in [0, 0.1) is 47.3 Å². The van der Waals surface area contributed by atoms with Gasteiger partial charge in [0.1, 0.15) is 0 Å². The summed E-state index contributed by atoms with van der Waals surface area (Å²) in [6.07, 6.45) is 11.0. The van der Waals surface area contributed by atoms with E-state index in [4.69, 9.17) is 37.9 Å². The van der Waals surface area contributed by atoms with E-state index >= 15 is 0 Å². The van der Waals surface area contributed by atoms with Gasteiger partial charge < -0.3 is 58.3 Å². The lowest BCUT2D eigenvalue weighted by atomic mass is 9.79. The lowest BCUT2D eigenvalue weighted by Crippen LogP contribution is -2.48. The Labute approximate surface area is 597 Å². The molecule has 0 bridgehead atoms. The zero-order valence-corrected chi connectivity index (χ0v) is 62.5. The van der Waals surface area contributed by atoms with Crippen molar-refractivity contribution < 1.29 is 58.3 Å². The predicted octanol–water partition coefficient (Wildman–Crippen LogP) is 13.4. The summed E-state index contributed by atoms with van der Waals surface area (Å²) in [6.45, 7) is 26.1. The molecule has 0 aromatic heterocycles. The zero-order valence-electron chi connectivity index (χ0n) is 60.1. The van der Waals surface area contributed by atoms with Crippen LogP contribution < -0.4 is 37.9 Å². The first-order chi connectivity index (χ1) is 45.5. The van der Waals surface area contributed by atoms with Gasteiger partial charge in [-0.15, -0.1) is 0 Å². The molecule has 8 aliphatic rings. The van der Waals surface area contributed by atoms with Gasteiger partial charge in [-0.05, 0) is 217 Å². The van der Waals surface area contributed by atoms with Gasteiger partial charge in [-0.3, -0.25) is 19.6 Å². The highest BCUT2D eigenvalue weighted by Gasteiger charge is 2.43. The smallest absolute Gasteiger partial charge is 0.161 e. The fourth-order valence-electron chi connectivity index (χ4n) is 17.0. The van der Waals surface area contributed by atoms with E-state index in [0.717, 1.165) is 184 Å². The van der Waals surface area contributed by atoms with Crippen LogP contribution in [0.1, 0.15) is 190 Å². The lowest BCUT2D eigenvalue weighted by molar-refractivity contribution is -0.0192. The Morgan fingerprint density at radius 2 is 0.505 bits per heavy atom. The minimum absolute atomic E-state index is 0. The Balaban J connectivity index is 0.000000200. The minimum Gasteiger partial charge on any atom is -0.493 e. The number of rotatable bonds is 16. The zero-order chi connectivity index (χ0) is 68.9. The Bertz CT molecular complexity index is 2750. The molecule has 8 aliphatic heterocycles.